The van der Waals surface area contributed by atoms with Crippen LogP contribution < -0.4 is 0 Å². The summed E-state index contributed by atoms with van der Waals surface area (Å²) >= 11 is 0. The molecule has 0 N–H and O–H groups in total. The van der Waals surface area contributed by atoms with Crippen molar-refractivity contribution in [1.82, 2.24) is 9.55 Å². The lowest BCUT2D eigenvalue weighted by atomic mass is 10.1. The summed E-state index contributed by atoms with van der Waals surface area (Å²) < 4.78 is 39.6. The molecule has 1 heterocycles. The zero-order chi connectivity index (χ0) is 16.6. The summed E-state index contributed by atoms with van der Waals surface area (Å²) in [6.45, 7) is 1.71. The van der Waals surface area contributed by atoms with Crippen molar-refractivity contribution in [3.8, 4) is 0 Å². The van der Waals surface area contributed by atoms with E-state index in [1.54, 1.807) is 10.6 Å². The molecule has 0 saturated carbocycles. The molecule has 0 radical (unpaired) electrons. The fraction of sp³-hybridized carbons (Fsp3) is 0.176. The van der Waals surface area contributed by atoms with Gasteiger partial charge in [0, 0.05) is 13.5 Å². The summed E-state index contributed by atoms with van der Waals surface area (Å²) in [6.07, 6.45) is -4.36. The number of imidazole rings is 1. The van der Waals surface area contributed by atoms with Crippen LogP contribution in [0.1, 0.15) is 28.7 Å². The van der Waals surface area contributed by atoms with Gasteiger partial charge in [-0.05, 0) is 29.8 Å². The summed E-state index contributed by atoms with van der Waals surface area (Å²) in [7, 11) is 0. The molecule has 0 atom stereocenters. The third kappa shape index (κ3) is 2.97. The number of halogens is 3. The molecule has 0 aliphatic heterocycles. The number of aromatic nitrogens is 2. The average molecular weight is 318 g/mol. The van der Waals surface area contributed by atoms with Crippen LogP contribution in [-0.4, -0.2) is 15.3 Å². The molecule has 0 aliphatic carbocycles. The van der Waals surface area contributed by atoms with Crippen molar-refractivity contribution >= 4 is 16.8 Å². The molecule has 0 spiro atoms. The van der Waals surface area contributed by atoms with Crippen molar-refractivity contribution < 1.29 is 18.0 Å². The van der Waals surface area contributed by atoms with E-state index in [0.717, 1.165) is 17.6 Å². The number of hydrogen-bond acceptors (Lipinski definition) is 2. The highest BCUT2D eigenvalue weighted by atomic mass is 19.4. The maximum atomic E-state index is 12.6. The molecule has 0 fully saturated rings. The highest BCUT2D eigenvalue weighted by molar-refractivity contribution is 5.94. The SMILES string of the molecule is CC(=O)c1nc2ccccc2n1Cc1ccc(C(F)(F)F)cc1. The van der Waals surface area contributed by atoms with Crippen molar-refractivity contribution in [3.05, 3.63) is 65.5 Å². The Balaban J connectivity index is 2.01. The third-order valence-electron chi connectivity index (χ3n) is 3.59. The van der Waals surface area contributed by atoms with Crippen molar-refractivity contribution in [2.24, 2.45) is 0 Å². The van der Waals surface area contributed by atoms with E-state index in [9.17, 15) is 18.0 Å². The van der Waals surface area contributed by atoms with Gasteiger partial charge in [-0.3, -0.25) is 4.79 Å². The van der Waals surface area contributed by atoms with E-state index in [1.165, 1.54) is 19.1 Å². The average Bonchev–Trinajstić information content (AvgIpc) is 2.86. The smallest absolute Gasteiger partial charge is 0.317 e. The van der Waals surface area contributed by atoms with E-state index in [4.69, 9.17) is 0 Å². The van der Waals surface area contributed by atoms with Gasteiger partial charge in [-0.1, -0.05) is 24.3 Å². The van der Waals surface area contributed by atoms with Crippen LogP contribution >= 0.6 is 0 Å². The van der Waals surface area contributed by atoms with Crippen LogP contribution in [0.25, 0.3) is 11.0 Å². The maximum absolute atomic E-state index is 12.6. The van der Waals surface area contributed by atoms with E-state index in [1.807, 2.05) is 18.2 Å². The number of carbonyl (C=O) groups is 1. The Bertz CT molecular complexity index is 864. The molecule has 0 bridgehead atoms. The van der Waals surface area contributed by atoms with Gasteiger partial charge in [0.1, 0.15) is 0 Å². The number of ketones is 1. The van der Waals surface area contributed by atoms with E-state index in [2.05, 4.69) is 4.98 Å². The Hall–Kier alpha value is -2.63. The number of nitrogens with zero attached hydrogens (tertiary/aromatic N) is 2. The number of para-hydroxylation sites is 2. The van der Waals surface area contributed by atoms with E-state index < -0.39 is 11.7 Å². The molecule has 3 nitrogen and oxygen atoms in total. The first-order chi connectivity index (χ1) is 10.9. The van der Waals surface area contributed by atoms with Crippen LogP contribution in [0.2, 0.25) is 0 Å². The summed E-state index contributed by atoms with van der Waals surface area (Å²) in [5, 5.41) is 0. The lowest BCUT2D eigenvalue weighted by molar-refractivity contribution is -0.137. The van der Waals surface area contributed by atoms with Crippen LogP contribution in [-0.2, 0) is 12.7 Å². The Kier molecular flexibility index (Phi) is 3.67. The highest BCUT2D eigenvalue weighted by Gasteiger charge is 2.30. The highest BCUT2D eigenvalue weighted by Crippen LogP contribution is 2.29. The predicted molar refractivity (Wildman–Crippen MR) is 80.3 cm³/mol. The van der Waals surface area contributed by atoms with E-state index in [0.29, 0.717) is 16.9 Å². The Morgan fingerprint density at radius 2 is 1.74 bits per heavy atom. The van der Waals surface area contributed by atoms with Crippen molar-refractivity contribution in [1.29, 1.82) is 0 Å². The number of carbonyl (C=O) groups excluding carboxylic acids is 1. The second-order valence-corrected chi connectivity index (χ2v) is 5.26. The third-order valence-corrected chi connectivity index (χ3v) is 3.59. The lowest BCUT2D eigenvalue weighted by Gasteiger charge is -2.10. The van der Waals surface area contributed by atoms with Gasteiger partial charge in [0.15, 0.2) is 11.6 Å². The van der Waals surface area contributed by atoms with Gasteiger partial charge in [0.25, 0.3) is 0 Å². The molecular weight excluding hydrogens is 305 g/mol. The number of hydrogen-bond donors (Lipinski definition) is 0. The number of rotatable bonds is 3. The molecule has 0 aliphatic rings. The fourth-order valence-electron chi connectivity index (χ4n) is 2.49. The minimum atomic E-state index is -4.36. The monoisotopic (exact) mass is 318 g/mol. The quantitative estimate of drug-likeness (QED) is 0.675. The first kappa shape index (κ1) is 15.3. The second kappa shape index (κ2) is 5.53. The first-order valence-corrected chi connectivity index (χ1v) is 6.98. The van der Waals surface area contributed by atoms with Gasteiger partial charge in [0.05, 0.1) is 16.6 Å². The minimum absolute atomic E-state index is 0.187. The molecular formula is C17H13F3N2O. The number of Topliss-reactive ketones (excluding diaryl/α,β-unsaturated/α-hetero) is 1. The van der Waals surface area contributed by atoms with Gasteiger partial charge >= 0.3 is 6.18 Å². The molecule has 2 aromatic carbocycles. The zero-order valence-corrected chi connectivity index (χ0v) is 12.3. The largest absolute Gasteiger partial charge is 0.416 e. The second-order valence-electron chi connectivity index (χ2n) is 5.26. The molecule has 3 aromatic rings. The molecule has 3 rings (SSSR count). The summed E-state index contributed by atoms with van der Waals surface area (Å²) in [5.74, 6) is 0.110. The van der Waals surface area contributed by atoms with Crippen molar-refractivity contribution in [3.63, 3.8) is 0 Å². The Labute approximate surface area is 130 Å². The Morgan fingerprint density at radius 1 is 1.09 bits per heavy atom. The minimum Gasteiger partial charge on any atom is -0.317 e. The molecule has 6 heteroatoms. The van der Waals surface area contributed by atoms with E-state index >= 15 is 0 Å². The fourth-order valence-corrected chi connectivity index (χ4v) is 2.49. The standard InChI is InChI=1S/C17H13F3N2O/c1-11(23)16-21-14-4-2-3-5-15(14)22(16)10-12-6-8-13(9-7-12)17(18,19)20/h2-9H,10H2,1H3. The van der Waals surface area contributed by atoms with Crippen LogP contribution in [0.15, 0.2) is 48.5 Å². The van der Waals surface area contributed by atoms with Crippen LogP contribution in [0.4, 0.5) is 13.2 Å². The van der Waals surface area contributed by atoms with Gasteiger partial charge in [0.2, 0.25) is 0 Å². The maximum Gasteiger partial charge on any atom is 0.416 e. The summed E-state index contributed by atoms with van der Waals surface area (Å²) in [6, 6.07) is 12.2. The molecule has 23 heavy (non-hydrogen) atoms. The molecule has 0 unspecified atom stereocenters. The van der Waals surface area contributed by atoms with Crippen LogP contribution in [0.3, 0.4) is 0 Å². The number of fused-ring (bicyclic) bond motifs is 1. The van der Waals surface area contributed by atoms with Gasteiger partial charge < -0.3 is 4.57 Å². The molecule has 1 aromatic heterocycles. The predicted octanol–water partition coefficient (Wildman–Crippen LogP) is 4.31. The van der Waals surface area contributed by atoms with Crippen molar-refractivity contribution in [2.75, 3.05) is 0 Å². The number of benzene rings is 2. The van der Waals surface area contributed by atoms with Crippen LogP contribution in [0.5, 0.6) is 0 Å². The van der Waals surface area contributed by atoms with Gasteiger partial charge in [-0.2, -0.15) is 13.2 Å². The van der Waals surface area contributed by atoms with Gasteiger partial charge in [-0.25, -0.2) is 4.98 Å². The summed E-state index contributed by atoms with van der Waals surface area (Å²) in [5.41, 5.74) is 1.44. The summed E-state index contributed by atoms with van der Waals surface area (Å²) in [4.78, 5) is 16.1. The molecule has 0 saturated heterocycles. The zero-order valence-electron chi connectivity index (χ0n) is 12.3. The van der Waals surface area contributed by atoms with Crippen LogP contribution in [0, 0.1) is 0 Å². The van der Waals surface area contributed by atoms with Gasteiger partial charge in [-0.15, -0.1) is 0 Å². The topological polar surface area (TPSA) is 34.9 Å². The molecule has 0 amide bonds. The number of alkyl halides is 3. The van der Waals surface area contributed by atoms with E-state index in [-0.39, 0.29) is 12.3 Å². The Morgan fingerprint density at radius 3 is 2.35 bits per heavy atom. The molecule has 118 valence electrons. The first-order valence-electron chi connectivity index (χ1n) is 6.98. The normalized spacial score (nSPS) is 11.8. The van der Waals surface area contributed by atoms with Crippen molar-refractivity contribution in [2.45, 2.75) is 19.6 Å². The lowest BCUT2D eigenvalue weighted by Crippen LogP contribution is -2.09.